The first-order valence-corrected chi connectivity index (χ1v) is 9.20. The van der Waals surface area contributed by atoms with Gasteiger partial charge in [0, 0.05) is 17.7 Å². The monoisotopic (exact) mass is 322 g/mol. The minimum atomic E-state index is -3.16. The van der Waals surface area contributed by atoms with Crippen LogP contribution in [0, 0.1) is 0 Å². The van der Waals surface area contributed by atoms with Crippen LogP contribution in [-0.4, -0.2) is 36.9 Å². The van der Waals surface area contributed by atoms with E-state index in [9.17, 15) is 13.2 Å². The first-order chi connectivity index (χ1) is 8.88. The smallest absolute Gasteiger partial charge is 0.271 e. The molecule has 1 aliphatic carbocycles. The zero-order chi connectivity index (χ0) is 14.0. The van der Waals surface area contributed by atoms with Crippen LogP contribution in [0.1, 0.15) is 36.2 Å². The Kier molecular flexibility index (Phi) is 4.47. The average molecular weight is 323 g/mol. The van der Waals surface area contributed by atoms with Crippen molar-refractivity contribution in [3.8, 4) is 0 Å². The van der Waals surface area contributed by atoms with Gasteiger partial charge in [0.15, 0.2) is 14.3 Å². The van der Waals surface area contributed by atoms with Crippen LogP contribution in [0.4, 0.5) is 0 Å². The second-order valence-electron chi connectivity index (χ2n) is 4.72. The summed E-state index contributed by atoms with van der Waals surface area (Å²) in [6, 6.07) is -0.336. The molecule has 1 aliphatic rings. The van der Waals surface area contributed by atoms with Crippen molar-refractivity contribution in [2.45, 2.75) is 37.0 Å². The lowest BCUT2D eigenvalue weighted by molar-refractivity contribution is 0.0924. The van der Waals surface area contributed by atoms with Crippen molar-refractivity contribution in [3.63, 3.8) is 0 Å². The number of nitrogens with one attached hydrogen (secondary N) is 1. The van der Waals surface area contributed by atoms with Gasteiger partial charge in [-0.05, 0) is 12.8 Å². The normalized spacial score (nSPS) is 24.1. The number of thiazole rings is 1. The van der Waals surface area contributed by atoms with Gasteiger partial charge in [0.25, 0.3) is 5.91 Å². The summed E-state index contributed by atoms with van der Waals surface area (Å²) in [7, 11) is -3.16. The Balaban J connectivity index is 2.10. The van der Waals surface area contributed by atoms with E-state index in [2.05, 4.69) is 10.3 Å². The van der Waals surface area contributed by atoms with Crippen molar-refractivity contribution >= 4 is 38.7 Å². The SMILES string of the molecule is CS(=O)(=O)[C@@H]1CCCC[C@H]1NC(=O)c1csc(Cl)n1. The van der Waals surface area contributed by atoms with Crippen LogP contribution in [0.5, 0.6) is 0 Å². The van der Waals surface area contributed by atoms with Crippen molar-refractivity contribution in [1.82, 2.24) is 10.3 Å². The van der Waals surface area contributed by atoms with Gasteiger partial charge in [-0.15, -0.1) is 11.3 Å². The van der Waals surface area contributed by atoms with Gasteiger partial charge >= 0.3 is 0 Å². The maximum atomic E-state index is 12.0. The Morgan fingerprint density at radius 2 is 2.16 bits per heavy atom. The maximum Gasteiger partial charge on any atom is 0.271 e. The van der Waals surface area contributed by atoms with E-state index in [-0.39, 0.29) is 17.6 Å². The molecule has 0 unspecified atom stereocenters. The van der Waals surface area contributed by atoms with E-state index in [0.29, 0.717) is 17.3 Å². The molecule has 19 heavy (non-hydrogen) atoms. The summed E-state index contributed by atoms with van der Waals surface area (Å²) in [6.07, 6.45) is 4.31. The molecule has 106 valence electrons. The summed E-state index contributed by atoms with van der Waals surface area (Å²) < 4.78 is 23.8. The predicted octanol–water partition coefficient (Wildman–Crippen LogP) is 1.88. The molecule has 1 saturated carbocycles. The highest BCUT2D eigenvalue weighted by Crippen LogP contribution is 2.24. The third-order valence-electron chi connectivity index (χ3n) is 3.28. The average Bonchev–Trinajstić information content (AvgIpc) is 2.75. The van der Waals surface area contributed by atoms with E-state index in [1.807, 2.05) is 0 Å². The second-order valence-corrected chi connectivity index (χ2v) is 8.42. The summed E-state index contributed by atoms with van der Waals surface area (Å²) in [5, 5.41) is 3.84. The Morgan fingerprint density at radius 1 is 1.47 bits per heavy atom. The van der Waals surface area contributed by atoms with Gasteiger partial charge in [-0.25, -0.2) is 13.4 Å². The van der Waals surface area contributed by atoms with Crippen LogP contribution in [0.2, 0.25) is 4.47 Å². The third-order valence-corrected chi connectivity index (χ3v) is 5.92. The summed E-state index contributed by atoms with van der Waals surface area (Å²) in [5.74, 6) is -0.358. The van der Waals surface area contributed by atoms with Crippen LogP contribution in [0.15, 0.2) is 5.38 Å². The Labute approximate surface area is 121 Å². The molecular weight excluding hydrogens is 308 g/mol. The maximum absolute atomic E-state index is 12.0. The number of hydrogen-bond donors (Lipinski definition) is 1. The Hall–Kier alpha value is -0.660. The largest absolute Gasteiger partial charge is 0.347 e. The van der Waals surface area contributed by atoms with Gasteiger partial charge in [0.1, 0.15) is 5.69 Å². The second kappa shape index (κ2) is 5.76. The van der Waals surface area contributed by atoms with Gasteiger partial charge in [-0.1, -0.05) is 24.4 Å². The van der Waals surface area contributed by atoms with E-state index >= 15 is 0 Å². The zero-order valence-electron chi connectivity index (χ0n) is 10.4. The molecule has 0 spiro atoms. The number of carbonyl (C=O) groups is 1. The molecule has 1 N–H and O–H groups in total. The molecule has 5 nitrogen and oxygen atoms in total. The Morgan fingerprint density at radius 3 is 2.74 bits per heavy atom. The third kappa shape index (κ3) is 3.67. The fourth-order valence-corrected chi connectivity index (χ4v) is 4.51. The number of sulfone groups is 1. The molecule has 2 rings (SSSR count). The van der Waals surface area contributed by atoms with E-state index in [4.69, 9.17) is 11.6 Å². The number of carbonyl (C=O) groups excluding carboxylic acids is 1. The van der Waals surface area contributed by atoms with Crippen molar-refractivity contribution in [3.05, 3.63) is 15.5 Å². The molecule has 0 aromatic carbocycles. The summed E-state index contributed by atoms with van der Waals surface area (Å²) in [6.45, 7) is 0. The topological polar surface area (TPSA) is 76.1 Å². The highest BCUT2D eigenvalue weighted by molar-refractivity contribution is 7.91. The van der Waals surface area contributed by atoms with Crippen molar-refractivity contribution in [2.75, 3.05) is 6.26 Å². The van der Waals surface area contributed by atoms with Gasteiger partial charge in [-0.2, -0.15) is 0 Å². The van der Waals surface area contributed by atoms with Crippen molar-refractivity contribution in [2.24, 2.45) is 0 Å². The van der Waals surface area contributed by atoms with Crippen molar-refractivity contribution in [1.29, 1.82) is 0 Å². The molecule has 1 fully saturated rings. The molecule has 1 aromatic rings. The van der Waals surface area contributed by atoms with Crippen LogP contribution in [0.3, 0.4) is 0 Å². The quantitative estimate of drug-likeness (QED) is 0.922. The minimum Gasteiger partial charge on any atom is -0.347 e. The number of amides is 1. The van der Waals surface area contributed by atoms with Gasteiger partial charge in [0.05, 0.1) is 5.25 Å². The number of halogens is 1. The molecule has 2 atom stereocenters. The molecular formula is C11H15ClN2O3S2. The van der Waals surface area contributed by atoms with E-state index < -0.39 is 15.1 Å². The fourth-order valence-electron chi connectivity index (χ4n) is 2.37. The number of aromatic nitrogens is 1. The number of hydrogen-bond acceptors (Lipinski definition) is 5. The van der Waals surface area contributed by atoms with Gasteiger partial charge in [0.2, 0.25) is 0 Å². The lowest BCUT2D eigenvalue weighted by atomic mass is 9.95. The lowest BCUT2D eigenvalue weighted by Gasteiger charge is -2.30. The van der Waals surface area contributed by atoms with Crippen LogP contribution < -0.4 is 5.32 Å². The molecule has 1 amide bonds. The zero-order valence-corrected chi connectivity index (χ0v) is 12.8. The summed E-state index contributed by atoms with van der Waals surface area (Å²) in [4.78, 5) is 15.9. The fraction of sp³-hybridized carbons (Fsp3) is 0.636. The Bertz CT molecular complexity index is 570. The highest BCUT2D eigenvalue weighted by atomic mass is 35.5. The van der Waals surface area contributed by atoms with Crippen LogP contribution in [0.25, 0.3) is 0 Å². The van der Waals surface area contributed by atoms with E-state index in [0.717, 1.165) is 12.8 Å². The molecule has 0 radical (unpaired) electrons. The molecule has 8 heteroatoms. The highest BCUT2D eigenvalue weighted by Gasteiger charge is 2.34. The molecule has 0 aliphatic heterocycles. The van der Waals surface area contributed by atoms with Crippen LogP contribution in [-0.2, 0) is 9.84 Å². The van der Waals surface area contributed by atoms with Gasteiger partial charge in [-0.3, -0.25) is 4.79 Å². The molecule has 1 aromatic heterocycles. The minimum absolute atomic E-state index is 0.243. The summed E-state index contributed by atoms with van der Waals surface area (Å²) >= 11 is 6.86. The number of nitrogens with zero attached hydrogens (tertiary/aromatic N) is 1. The van der Waals surface area contributed by atoms with Crippen LogP contribution >= 0.6 is 22.9 Å². The lowest BCUT2D eigenvalue weighted by Crippen LogP contribution is -2.48. The first-order valence-electron chi connectivity index (χ1n) is 5.98. The summed E-state index contributed by atoms with van der Waals surface area (Å²) in [5.41, 5.74) is 0.243. The predicted molar refractivity (Wildman–Crippen MR) is 75.5 cm³/mol. The van der Waals surface area contributed by atoms with Gasteiger partial charge < -0.3 is 5.32 Å². The van der Waals surface area contributed by atoms with E-state index in [1.54, 1.807) is 5.38 Å². The molecule has 1 heterocycles. The first kappa shape index (κ1) is 14.7. The van der Waals surface area contributed by atoms with E-state index in [1.165, 1.54) is 17.6 Å². The van der Waals surface area contributed by atoms with Crippen molar-refractivity contribution < 1.29 is 13.2 Å². The standard InChI is InChI=1S/C11H15ClN2O3S2/c1-19(16,17)9-5-3-2-4-7(9)13-10(15)8-6-18-11(12)14-8/h6-7,9H,2-5H2,1H3,(H,13,15)/t7-,9-/m1/s1. The number of rotatable bonds is 3. The molecule has 0 saturated heterocycles. The molecule has 0 bridgehead atoms.